The number of primary amides is 1. The molecule has 1 aliphatic carbocycles. The maximum absolute atomic E-state index is 11.2. The van der Waals surface area contributed by atoms with Gasteiger partial charge in [0.05, 0.1) is 5.02 Å². The van der Waals surface area contributed by atoms with E-state index >= 15 is 0 Å². The highest BCUT2D eigenvalue weighted by Gasteiger charge is 2.42. The molecule has 3 unspecified atom stereocenters. The first-order chi connectivity index (χ1) is 9.63. The first-order valence-electron chi connectivity index (χ1n) is 6.88. The molecule has 1 saturated heterocycles. The minimum atomic E-state index is -0.456. The molecule has 0 spiro atoms. The van der Waals surface area contributed by atoms with Crippen molar-refractivity contribution in [1.29, 1.82) is 0 Å². The Balaban J connectivity index is 1.80. The number of piperidine rings is 1. The summed E-state index contributed by atoms with van der Waals surface area (Å²) in [6, 6.07) is 5.64. The number of rotatable bonds is 2. The lowest BCUT2D eigenvalue weighted by molar-refractivity contribution is 0.100. The van der Waals surface area contributed by atoms with Crippen molar-refractivity contribution in [3.8, 4) is 0 Å². The molecule has 1 aromatic carbocycles. The molecular formula is C15H15ClN2O2. The summed E-state index contributed by atoms with van der Waals surface area (Å²) in [5, 5.41) is 5.05. The van der Waals surface area contributed by atoms with E-state index in [-0.39, 0.29) is 0 Å². The normalized spacial score (nSPS) is 28.4. The van der Waals surface area contributed by atoms with Crippen molar-refractivity contribution < 1.29 is 9.21 Å². The van der Waals surface area contributed by atoms with E-state index in [2.05, 4.69) is 5.32 Å². The van der Waals surface area contributed by atoms with E-state index in [1.54, 1.807) is 12.1 Å². The second-order valence-electron chi connectivity index (χ2n) is 5.81. The molecule has 1 aromatic heterocycles. The Hall–Kier alpha value is -1.52. The van der Waals surface area contributed by atoms with Crippen LogP contribution in [-0.4, -0.2) is 18.5 Å². The summed E-state index contributed by atoms with van der Waals surface area (Å²) in [6.07, 6.45) is 2.32. The van der Waals surface area contributed by atoms with Crippen LogP contribution in [0.4, 0.5) is 0 Å². The number of amides is 1. The zero-order valence-electron chi connectivity index (χ0n) is 10.9. The van der Waals surface area contributed by atoms with Crippen molar-refractivity contribution in [2.24, 2.45) is 11.7 Å². The van der Waals surface area contributed by atoms with Crippen LogP contribution >= 0.6 is 11.6 Å². The van der Waals surface area contributed by atoms with Crippen LogP contribution in [-0.2, 0) is 0 Å². The number of nitrogens with two attached hydrogens (primary N) is 1. The Labute approximate surface area is 121 Å². The smallest absolute Gasteiger partial charge is 0.248 e. The standard InChI is InChI=1S/C15H15ClN2O2/c16-13-9-2-1-8(15(17)19)5-12(9)20-14(13)10-3-7-4-11(10)18-6-7/h1-2,5,7,10-11,18H,3-4,6H2,(H2,17,19). The molecule has 2 bridgehead atoms. The summed E-state index contributed by atoms with van der Waals surface area (Å²) in [5.74, 6) is 1.46. The van der Waals surface area contributed by atoms with E-state index in [0.717, 1.165) is 30.0 Å². The van der Waals surface area contributed by atoms with Crippen molar-refractivity contribution in [2.75, 3.05) is 6.54 Å². The minimum Gasteiger partial charge on any atom is -0.459 e. The molecule has 3 N–H and O–H groups in total. The SMILES string of the molecule is NC(=O)c1ccc2c(Cl)c(C3CC4CNC3C4)oc2c1. The van der Waals surface area contributed by atoms with Crippen LogP contribution in [0.3, 0.4) is 0 Å². The zero-order chi connectivity index (χ0) is 13.9. The monoisotopic (exact) mass is 290 g/mol. The molecule has 2 aromatic rings. The number of halogens is 1. The number of benzene rings is 1. The van der Waals surface area contributed by atoms with Crippen LogP contribution in [0.15, 0.2) is 22.6 Å². The van der Waals surface area contributed by atoms with E-state index in [0.29, 0.717) is 28.1 Å². The van der Waals surface area contributed by atoms with Crippen LogP contribution in [0.5, 0.6) is 0 Å². The Kier molecular flexibility index (Phi) is 2.59. The van der Waals surface area contributed by atoms with Crippen LogP contribution < -0.4 is 11.1 Å². The van der Waals surface area contributed by atoms with Crippen LogP contribution in [0.2, 0.25) is 5.02 Å². The highest BCUT2D eigenvalue weighted by Crippen LogP contribution is 2.46. The molecule has 104 valence electrons. The highest BCUT2D eigenvalue weighted by atomic mass is 35.5. The number of carbonyl (C=O) groups excluding carboxylic acids is 1. The first-order valence-corrected chi connectivity index (χ1v) is 7.26. The fraction of sp³-hybridized carbons (Fsp3) is 0.400. The summed E-state index contributed by atoms with van der Waals surface area (Å²) in [4.78, 5) is 11.2. The topological polar surface area (TPSA) is 68.3 Å². The number of hydrogen-bond acceptors (Lipinski definition) is 3. The minimum absolute atomic E-state index is 0.339. The van der Waals surface area contributed by atoms with Gasteiger partial charge in [-0.1, -0.05) is 11.6 Å². The van der Waals surface area contributed by atoms with Crippen molar-refractivity contribution in [1.82, 2.24) is 5.32 Å². The summed E-state index contributed by atoms with van der Waals surface area (Å²) >= 11 is 6.47. The maximum atomic E-state index is 11.2. The quantitative estimate of drug-likeness (QED) is 0.893. The third-order valence-electron chi connectivity index (χ3n) is 4.60. The molecule has 2 fully saturated rings. The molecule has 3 atom stereocenters. The van der Waals surface area contributed by atoms with Gasteiger partial charge in [-0.2, -0.15) is 0 Å². The van der Waals surface area contributed by atoms with Gasteiger partial charge in [-0.25, -0.2) is 0 Å². The molecule has 2 heterocycles. The Bertz CT molecular complexity index is 709. The van der Waals surface area contributed by atoms with Crippen molar-refractivity contribution in [3.63, 3.8) is 0 Å². The predicted molar refractivity (Wildman–Crippen MR) is 77.0 cm³/mol. The summed E-state index contributed by atoms with van der Waals surface area (Å²) in [6.45, 7) is 1.10. The molecular weight excluding hydrogens is 276 g/mol. The summed E-state index contributed by atoms with van der Waals surface area (Å²) in [5.41, 5.74) is 6.39. The maximum Gasteiger partial charge on any atom is 0.248 e. The molecule has 0 radical (unpaired) electrons. The van der Waals surface area contributed by atoms with Gasteiger partial charge in [-0.05, 0) is 43.5 Å². The van der Waals surface area contributed by atoms with Crippen LogP contribution in [0.25, 0.3) is 11.0 Å². The average Bonchev–Trinajstić information content (AvgIpc) is 3.12. The van der Waals surface area contributed by atoms with Crippen molar-refractivity contribution >= 4 is 28.5 Å². The van der Waals surface area contributed by atoms with E-state index in [4.69, 9.17) is 21.8 Å². The predicted octanol–water partition coefficient (Wildman–Crippen LogP) is 2.65. The van der Waals surface area contributed by atoms with E-state index in [9.17, 15) is 4.79 Å². The number of carbonyl (C=O) groups is 1. The van der Waals surface area contributed by atoms with Crippen molar-refractivity contribution in [3.05, 3.63) is 34.5 Å². The van der Waals surface area contributed by atoms with Gasteiger partial charge >= 0.3 is 0 Å². The summed E-state index contributed by atoms with van der Waals surface area (Å²) < 4.78 is 5.95. The fourth-order valence-electron chi connectivity index (χ4n) is 3.62. The number of hydrogen-bond donors (Lipinski definition) is 2. The van der Waals surface area contributed by atoms with Gasteiger partial charge in [-0.15, -0.1) is 0 Å². The second-order valence-corrected chi connectivity index (χ2v) is 6.19. The molecule has 1 aliphatic heterocycles. The third kappa shape index (κ3) is 1.68. The molecule has 1 saturated carbocycles. The number of nitrogens with one attached hydrogen (secondary N) is 1. The lowest BCUT2D eigenvalue weighted by Crippen LogP contribution is -2.31. The van der Waals surface area contributed by atoms with E-state index < -0.39 is 5.91 Å². The zero-order valence-corrected chi connectivity index (χ0v) is 11.6. The number of fused-ring (bicyclic) bond motifs is 3. The lowest BCUT2D eigenvalue weighted by atomic mass is 9.97. The molecule has 4 nitrogen and oxygen atoms in total. The third-order valence-corrected chi connectivity index (χ3v) is 4.99. The van der Waals surface area contributed by atoms with Gasteiger partial charge in [0.2, 0.25) is 5.91 Å². The van der Waals surface area contributed by atoms with Crippen LogP contribution in [0, 0.1) is 5.92 Å². The largest absolute Gasteiger partial charge is 0.459 e. The fourth-order valence-corrected chi connectivity index (χ4v) is 3.95. The summed E-state index contributed by atoms with van der Waals surface area (Å²) in [7, 11) is 0. The van der Waals surface area contributed by atoms with Gasteiger partial charge in [0.1, 0.15) is 11.3 Å². The van der Waals surface area contributed by atoms with Gasteiger partial charge in [-0.3, -0.25) is 4.79 Å². The highest BCUT2D eigenvalue weighted by molar-refractivity contribution is 6.36. The van der Waals surface area contributed by atoms with E-state index in [1.165, 1.54) is 6.42 Å². The average molecular weight is 291 g/mol. The molecule has 2 aliphatic rings. The van der Waals surface area contributed by atoms with Crippen molar-refractivity contribution in [2.45, 2.75) is 24.8 Å². The molecule has 4 rings (SSSR count). The molecule has 20 heavy (non-hydrogen) atoms. The Morgan fingerprint density at radius 1 is 1.40 bits per heavy atom. The molecule has 5 heteroatoms. The van der Waals surface area contributed by atoms with Gasteiger partial charge < -0.3 is 15.5 Å². The Morgan fingerprint density at radius 3 is 2.90 bits per heavy atom. The van der Waals surface area contributed by atoms with Gasteiger partial charge in [0, 0.05) is 22.9 Å². The molecule has 1 amide bonds. The number of furan rings is 1. The van der Waals surface area contributed by atoms with Gasteiger partial charge in [0.25, 0.3) is 0 Å². The van der Waals surface area contributed by atoms with Crippen LogP contribution in [0.1, 0.15) is 34.9 Å². The first kappa shape index (κ1) is 12.2. The Morgan fingerprint density at radius 2 is 2.25 bits per heavy atom. The van der Waals surface area contributed by atoms with E-state index in [1.807, 2.05) is 6.07 Å². The lowest BCUT2D eigenvalue weighted by Gasteiger charge is -2.21. The second kappa shape index (κ2) is 4.24. The van der Waals surface area contributed by atoms with Gasteiger partial charge in [0.15, 0.2) is 0 Å².